The van der Waals surface area contributed by atoms with Gasteiger partial charge in [0, 0.05) is 13.6 Å². The highest BCUT2D eigenvalue weighted by atomic mass is 32.2. The highest BCUT2D eigenvalue weighted by Crippen LogP contribution is 2.25. The first-order valence-corrected chi connectivity index (χ1v) is 7.22. The molecule has 0 fully saturated rings. The molecule has 0 saturated carbocycles. The van der Waals surface area contributed by atoms with Gasteiger partial charge in [0.15, 0.2) is 0 Å². The molecule has 0 bridgehead atoms. The minimum absolute atomic E-state index is 0.208. The van der Waals surface area contributed by atoms with E-state index in [2.05, 4.69) is 5.32 Å². The van der Waals surface area contributed by atoms with Crippen molar-refractivity contribution in [2.24, 2.45) is 0 Å². The lowest BCUT2D eigenvalue weighted by atomic mass is 10.3. The van der Waals surface area contributed by atoms with Crippen LogP contribution in [0.25, 0.3) is 0 Å². The van der Waals surface area contributed by atoms with Gasteiger partial charge in [0.2, 0.25) is 10.0 Å². The highest BCUT2D eigenvalue weighted by Gasteiger charge is 2.23. The van der Waals surface area contributed by atoms with E-state index in [9.17, 15) is 8.42 Å². The largest absolute Gasteiger partial charge is 0.495 e. The Morgan fingerprint density at radius 2 is 2.00 bits per heavy atom. The number of hydrogen-bond acceptors (Lipinski definition) is 4. The number of nitrogens with zero attached hydrogens (tertiary/aromatic N) is 1. The summed E-state index contributed by atoms with van der Waals surface area (Å²) in [6.45, 7) is 1.26. The molecule has 0 aromatic heterocycles. The van der Waals surface area contributed by atoms with Crippen LogP contribution in [0.15, 0.2) is 29.2 Å². The molecule has 0 aliphatic heterocycles. The fourth-order valence-corrected chi connectivity index (χ4v) is 2.96. The summed E-state index contributed by atoms with van der Waals surface area (Å²) in [7, 11) is 1.41. The van der Waals surface area contributed by atoms with Gasteiger partial charge in [-0.2, -0.15) is 0 Å². The van der Waals surface area contributed by atoms with Crippen LogP contribution in [-0.2, 0) is 10.0 Å². The lowest BCUT2D eigenvalue weighted by molar-refractivity contribution is 0.397. The van der Waals surface area contributed by atoms with E-state index in [1.165, 1.54) is 11.4 Å². The maximum Gasteiger partial charge on any atom is 0.246 e. The molecule has 0 aliphatic rings. The highest BCUT2D eigenvalue weighted by molar-refractivity contribution is 7.89. The van der Waals surface area contributed by atoms with Crippen LogP contribution < -0.4 is 10.1 Å². The van der Waals surface area contributed by atoms with Crippen LogP contribution in [-0.4, -0.2) is 47.0 Å². The molecule has 0 radical (unpaired) electrons. The molecule has 0 amide bonds. The van der Waals surface area contributed by atoms with E-state index in [1.807, 2.05) is 7.05 Å². The molecule has 0 atom stereocenters. The molecule has 5 nitrogen and oxygen atoms in total. The van der Waals surface area contributed by atoms with Gasteiger partial charge >= 0.3 is 0 Å². The van der Waals surface area contributed by atoms with Crippen LogP contribution in [0.2, 0.25) is 0 Å². The van der Waals surface area contributed by atoms with Gasteiger partial charge in [0.25, 0.3) is 0 Å². The molecule has 0 aliphatic carbocycles. The van der Waals surface area contributed by atoms with Crippen LogP contribution in [0.4, 0.5) is 0 Å². The Morgan fingerprint density at radius 1 is 1.33 bits per heavy atom. The minimum atomic E-state index is -3.48. The van der Waals surface area contributed by atoms with Gasteiger partial charge < -0.3 is 10.1 Å². The predicted molar refractivity (Wildman–Crippen MR) is 71.4 cm³/mol. The van der Waals surface area contributed by atoms with Gasteiger partial charge in [0.05, 0.1) is 7.11 Å². The van der Waals surface area contributed by atoms with Gasteiger partial charge in [-0.1, -0.05) is 12.1 Å². The number of nitrogens with one attached hydrogen (secondary N) is 1. The zero-order chi connectivity index (χ0) is 13.6. The summed E-state index contributed by atoms with van der Waals surface area (Å²) in [5.41, 5.74) is 0. The summed E-state index contributed by atoms with van der Waals surface area (Å²) in [6, 6.07) is 6.65. The smallest absolute Gasteiger partial charge is 0.246 e. The van der Waals surface area contributed by atoms with Crippen LogP contribution >= 0.6 is 0 Å². The standard InChI is InChI=1S/C12H20N2O3S/c1-13-9-6-10-14(2)18(15,16)12-8-5-4-7-11(12)17-3/h4-5,7-8,13H,6,9-10H2,1-3H3. The molecule has 1 aromatic carbocycles. The Morgan fingerprint density at radius 3 is 2.61 bits per heavy atom. The molecule has 1 aromatic rings. The van der Waals surface area contributed by atoms with E-state index in [1.54, 1.807) is 31.3 Å². The van der Waals surface area contributed by atoms with Gasteiger partial charge in [-0.15, -0.1) is 0 Å². The second-order valence-corrected chi connectivity index (χ2v) is 5.95. The molecular formula is C12H20N2O3S. The first kappa shape index (κ1) is 14.9. The van der Waals surface area contributed by atoms with Crippen molar-refractivity contribution >= 4 is 10.0 Å². The fraction of sp³-hybridized carbons (Fsp3) is 0.500. The molecule has 1 N–H and O–H groups in total. The number of sulfonamides is 1. The summed E-state index contributed by atoms with van der Waals surface area (Å²) < 4.78 is 31.1. The number of rotatable bonds is 7. The van der Waals surface area contributed by atoms with Crippen LogP contribution in [0.3, 0.4) is 0 Å². The summed E-state index contributed by atoms with van der Waals surface area (Å²) in [5.74, 6) is 0.373. The Labute approximate surface area is 109 Å². The number of para-hydroxylation sites is 1. The van der Waals surface area contributed by atoms with E-state index in [-0.39, 0.29) is 4.90 Å². The SMILES string of the molecule is CNCCCN(C)S(=O)(=O)c1ccccc1OC. The zero-order valence-corrected chi connectivity index (χ0v) is 11.8. The number of hydrogen-bond donors (Lipinski definition) is 1. The third-order valence-corrected chi connectivity index (χ3v) is 4.55. The first-order chi connectivity index (χ1) is 8.54. The lowest BCUT2D eigenvalue weighted by Gasteiger charge is -2.18. The average molecular weight is 272 g/mol. The van der Waals surface area contributed by atoms with Crippen molar-refractivity contribution in [2.75, 3.05) is 34.3 Å². The normalized spacial score (nSPS) is 11.8. The summed E-state index contributed by atoms with van der Waals surface area (Å²) in [5, 5.41) is 2.99. The van der Waals surface area contributed by atoms with E-state index in [0.717, 1.165) is 13.0 Å². The van der Waals surface area contributed by atoms with Crippen LogP contribution in [0, 0.1) is 0 Å². The third-order valence-electron chi connectivity index (χ3n) is 2.66. The van der Waals surface area contributed by atoms with E-state index < -0.39 is 10.0 Å². The Kier molecular flexibility index (Phi) is 5.58. The zero-order valence-electron chi connectivity index (χ0n) is 11.0. The summed E-state index contributed by atoms with van der Waals surface area (Å²) >= 11 is 0. The first-order valence-electron chi connectivity index (χ1n) is 5.78. The van der Waals surface area contributed by atoms with Crippen molar-refractivity contribution in [3.05, 3.63) is 24.3 Å². The molecule has 0 heterocycles. The van der Waals surface area contributed by atoms with Crippen molar-refractivity contribution in [3.63, 3.8) is 0 Å². The molecule has 0 saturated heterocycles. The van der Waals surface area contributed by atoms with Crippen LogP contribution in [0.5, 0.6) is 5.75 Å². The van der Waals surface area contributed by atoms with Crippen molar-refractivity contribution in [3.8, 4) is 5.75 Å². The van der Waals surface area contributed by atoms with E-state index >= 15 is 0 Å². The van der Waals surface area contributed by atoms with Gasteiger partial charge in [-0.05, 0) is 32.1 Å². The van der Waals surface area contributed by atoms with Gasteiger partial charge in [0.1, 0.15) is 10.6 Å². The van der Waals surface area contributed by atoms with Crippen molar-refractivity contribution < 1.29 is 13.2 Å². The number of ether oxygens (including phenoxy) is 1. The number of benzene rings is 1. The molecule has 0 spiro atoms. The second kappa shape index (κ2) is 6.72. The predicted octanol–water partition coefficient (Wildman–Crippen LogP) is 0.925. The molecular weight excluding hydrogens is 252 g/mol. The second-order valence-electron chi connectivity index (χ2n) is 3.93. The topological polar surface area (TPSA) is 58.6 Å². The maximum absolute atomic E-state index is 12.3. The number of methoxy groups -OCH3 is 1. The van der Waals surface area contributed by atoms with Gasteiger partial charge in [-0.25, -0.2) is 12.7 Å². The third kappa shape index (κ3) is 3.44. The van der Waals surface area contributed by atoms with Gasteiger partial charge in [-0.3, -0.25) is 0 Å². The van der Waals surface area contributed by atoms with Crippen molar-refractivity contribution in [1.82, 2.24) is 9.62 Å². The quantitative estimate of drug-likeness (QED) is 0.750. The van der Waals surface area contributed by atoms with E-state index in [4.69, 9.17) is 4.74 Å². The molecule has 102 valence electrons. The Hall–Kier alpha value is -1.11. The molecule has 1 rings (SSSR count). The summed E-state index contributed by atoms with van der Waals surface area (Å²) in [6.07, 6.45) is 0.765. The molecule has 6 heteroatoms. The van der Waals surface area contributed by atoms with Crippen molar-refractivity contribution in [1.29, 1.82) is 0 Å². The lowest BCUT2D eigenvalue weighted by Crippen LogP contribution is -2.29. The summed E-state index contributed by atoms with van der Waals surface area (Å²) in [4.78, 5) is 0.208. The average Bonchev–Trinajstić information content (AvgIpc) is 2.38. The molecule has 0 unspecified atom stereocenters. The Balaban J connectivity index is 2.91. The van der Waals surface area contributed by atoms with Crippen molar-refractivity contribution in [2.45, 2.75) is 11.3 Å². The van der Waals surface area contributed by atoms with E-state index in [0.29, 0.717) is 12.3 Å². The van der Waals surface area contributed by atoms with Crippen LogP contribution in [0.1, 0.15) is 6.42 Å². The fourth-order valence-electron chi connectivity index (χ4n) is 1.60. The maximum atomic E-state index is 12.3. The molecule has 18 heavy (non-hydrogen) atoms. The monoisotopic (exact) mass is 272 g/mol. The minimum Gasteiger partial charge on any atom is -0.495 e. The Bertz CT molecular complexity index is 474.